The van der Waals surface area contributed by atoms with Crippen LogP contribution >= 0.6 is 0 Å². The van der Waals surface area contributed by atoms with Crippen molar-refractivity contribution >= 4 is 0 Å². The summed E-state index contributed by atoms with van der Waals surface area (Å²) in [5.41, 5.74) is 6.69. The van der Waals surface area contributed by atoms with E-state index in [9.17, 15) is 8.78 Å². The van der Waals surface area contributed by atoms with Crippen LogP contribution in [0.4, 0.5) is 8.78 Å². The molecule has 2 atom stereocenters. The Morgan fingerprint density at radius 2 is 2.10 bits per heavy atom. The Morgan fingerprint density at radius 1 is 1.40 bits per heavy atom. The number of rotatable bonds is 5. The topological polar surface area (TPSA) is 47.7 Å². The molecule has 4 nitrogen and oxygen atoms in total. The number of halogens is 2. The summed E-state index contributed by atoms with van der Waals surface area (Å²) in [4.78, 5) is 2.28. The van der Waals surface area contributed by atoms with Crippen LogP contribution in [-0.4, -0.2) is 43.9 Å². The molecular formula is C14H20F2N2O2. The Kier molecular flexibility index (Phi) is 5.28. The summed E-state index contributed by atoms with van der Waals surface area (Å²) in [7, 11) is 0. The van der Waals surface area contributed by atoms with Crippen molar-refractivity contribution in [2.75, 3.05) is 26.2 Å². The molecule has 0 spiro atoms. The molecule has 0 aliphatic carbocycles. The van der Waals surface area contributed by atoms with Gasteiger partial charge in [0, 0.05) is 25.7 Å². The number of benzene rings is 1. The highest BCUT2D eigenvalue weighted by Gasteiger charge is 2.24. The van der Waals surface area contributed by atoms with Crippen LogP contribution in [-0.2, 0) is 4.74 Å². The summed E-state index contributed by atoms with van der Waals surface area (Å²) < 4.78 is 34.1. The quantitative estimate of drug-likeness (QED) is 0.899. The first kappa shape index (κ1) is 15.2. The van der Waals surface area contributed by atoms with Crippen molar-refractivity contribution in [1.82, 2.24) is 4.90 Å². The van der Waals surface area contributed by atoms with Gasteiger partial charge < -0.3 is 15.2 Å². The molecule has 0 amide bonds. The zero-order valence-corrected chi connectivity index (χ0v) is 11.5. The Labute approximate surface area is 117 Å². The largest absolute Gasteiger partial charge is 0.435 e. The van der Waals surface area contributed by atoms with E-state index in [-0.39, 0.29) is 17.9 Å². The molecule has 1 aliphatic heterocycles. The third kappa shape index (κ3) is 3.88. The second-order valence-corrected chi connectivity index (χ2v) is 4.85. The predicted octanol–water partition coefficient (Wildman–Crippen LogP) is 2.01. The van der Waals surface area contributed by atoms with E-state index in [0.717, 1.165) is 18.7 Å². The lowest BCUT2D eigenvalue weighted by Gasteiger charge is -2.36. The molecule has 1 aromatic carbocycles. The standard InChI is InChI=1S/C14H20F2N2O2/c1-10(18-6-7-19-13(8-17)9-18)11-2-4-12(5-3-11)20-14(15)16/h2-5,10,13-14H,6-9,17H2,1H3. The molecule has 20 heavy (non-hydrogen) atoms. The van der Waals surface area contributed by atoms with Crippen molar-refractivity contribution in [1.29, 1.82) is 0 Å². The minimum atomic E-state index is -2.79. The summed E-state index contributed by atoms with van der Waals surface area (Å²) in [5, 5.41) is 0. The van der Waals surface area contributed by atoms with Crippen molar-refractivity contribution < 1.29 is 18.3 Å². The van der Waals surface area contributed by atoms with Crippen LogP contribution in [0, 0.1) is 0 Å². The van der Waals surface area contributed by atoms with E-state index >= 15 is 0 Å². The average molecular weight is 286 g/mol. The van der Waals surface area contributed by atoms with E-state index in [2.05, 4.69) is 16.6 Å². The van der Waals surface area contributed by atoms with Gasteiger partial charge in [-0.1, -0.05) is 12.1 Å². The number of hydrogen-bond acceptors (Lipinski definition) is 4. The molecule has 1 heterocycles. The maximum absolute atomic E-state index is 12.1. The average Bonchev–Trinajstić information content (AvgIpc) is 2.47. The Morgan fingerprint density at radius 3 is 2.70 bits per heavy atom. The molecule has 112 valence electrons. The molecule has 2 unspecified atom stereocenters. The summed E-state index contributed by atoms with van der Waals surface area (Å²) in [6.07, 6.45) is 0.0626. The number of hydrogen-bond donors (Lipinski definition) is 1. The van der Waals surface area contributed by atoms with Gasteiger partial charge in [0.1, 0.15) is 5.75 Å². The van der Waals surface area contributed by atoms with Gasteiger partial charge in [-0.3, -0.25) is 4.90 Å². The predicted molar refractivity (Wildman–Crippen MR) is 71.9 cm³/mol. The molecule has 2 rings (SSSR count). The summed E-state index contributed by atoms with van der Waals surface area (Å²) in [5.74, 6) is 0.178. The first-order valence-electron chi connectivity index (χ1n) is 6.70. The minimum Gasteiger partial charge on any atom is -0.435 e. The zero-order valence-electron chi connectivity index (χ0n) is 11.5. The number of alkyl halides is 2. The van der Waals surface area contributed by atoms with E-state index in [1.807, 2.05) is 12.1 Å². The van der Waals surface area contributed by atoms with Gasteiger partial charge in [0.25, 0.3) is 0 Å². The fourth-order valence-corrected chi connectivity index (χ4v) is 2.38. The summed E-state index contributed by atoms with van der Waals surface area (Å²) in [6, 6.07) is 6.95. The maximum atomic E-state index is 12.1. The van der Waals surface area contributed by atoms with Crippen molar-refractivity contribution in [3.63, 3.8) is 0 Å². The first-order chi connectivity index (χ1) is 9.60. The molecule has 6 heteroatoms. The molecule has 2 N–H and O–H groups in total. The molecular weight excluding hydrogens is 266 g/mol. The van der Waals surface area contributed by atoms with Crippen molar-refractivity contribution in [3.05, 3.63) is 29.8 Å². The molecule has 1 aliphatic rings. The van der Waals surface area contributed by atoms with Gasteiger partial charge >= 0.3 is 6.61 Å². The van der Waals surface area contributed by atoms with Crippen LogP contribution in [0.15, 0.2) is 24.3 Å². The second-order valence-electron chi connectivity index (χ2n) is 4.85. The highest BCUT2D eigenvalue weighted by atomic mass is 19.3. The van der Waals surface area contributed by atoms with Crippen LogP contribution in [0.2, 0.25) is 0 Å². The Hall–Kier alpha value is -1.24. The van der Waals surface area contributed by atoms with Crippen LogP contribution < -0.4 is 10.5 Å². The summed E-state index contributed by atoms with van der Waals surface area (Å²) in [6.45, 7) is 2.09. The van der Waals surface area contributed by atoms with Crippen LogP contribution in [0.3, 0.4) is 0 Å². The van der Waals surface area contributed by atoms with Gasteiger partial charge in [0.15, 0.2) is 0 Å². The highest BCUT2D eigenvalue weighted by molar-refractivity contribution is 5.29. The monoisotopic (exact) mass is 286 g/mol. The lowest BCUT2D eigenvalue weighted by Crippen LogP contribution is -2.46. The Balaban J connectivity index is 1.99. The SMILES string of the molecule is CC(c1ccc(OC(F)F)cc1)N1CCOC(CN)C1. The molecule has 1 fully saturated rings. The number of morpholine rings is 1. The van der Waals surface area contributed by atoms with Crippen LogP contribution in [0.5, 0.6) is 5.75 Å². The lowest BCUT2D eigenvalue weighted by molar-refractivity contribution is -0.0499. The Bertz CT molecular complexity index is 414. The molecule has 0 aromatic heterocycles. The molecule has 0 bridgehead atoms. The summed E-state index contributed by atoms with van der Waals surface area (Å²) >= 11 is 0. The van der Waals surface area contributed by atoms with Crippen molar-refractivity contribution in [2.24, 2.45) is 5.73 Å². The fourth-order valence-electron chi connectivity index (χ4n) is 2.38. The van der Waals surface area contributed by atoms with Crippen LogP contribution in [0.25, 0.3) is 0 Å². The molecule has 0 saturated carbocycles. The van der Waals surface area contributed by atoms with E-state index in [0.29, 0.717) is 13.2 Å². The van der Waals surface area contributed by atoms with Gasteiger partial charge in [0.05, 0.1) is 12.7 Å². The van der Waals surface area contributed by atoms with E-state index < -0.39 is 6.61 Å². The third-order valence-electron chi connectivity index (χ3n) is 3.57. The van der Waals surface area contributed by atoms with Gasteiger partial charge in [0.2, 0.25) is 0 Å². The van der Waals surface area contributed by atoms with Gasteiger partial charge in [-0.15, -0.1) is 0 Å². The minimum absolute atomic E-state index is 0.0626. The first-order valence-corrected chi connectivity index (χ1v) is 6.70. The smallest absolute Gasteiger partial charge is 0.387 e. The second kappa shape index (κ2) is 6.97. The number of nitrogens with two attached hydrogens (primary N) is 1. The van der Waals surface area contributed by atoms with Gasteiger partial charge in [-0.25, -0.2) is 0 Å². The fraction of sp³-hybridized carbons (Fsp3) is 0.571. The molecule has 1 aromatic rings. The number of ether oxygens (including phenoxy) is 2. The van der Waals surface area contributed by atoms with Crippen molar-refractivity contribution in [3.8, 4) is 5.75 Å². The zero-order chi connectivity index (χ0) is 14.5. The molecule has 1 saturated heterocycles. The maximum Gasteiger partial charge on any atom is 0.387 e. The van der Waals surface area contributed by atoms with E-state index in [4.69, 9.17) is 10.5 Å². The third-order valence-corrected chi connectivity index (χ3v) is 3.57. The number of nitrogens with zero attached hydrogens (tertiary/aromatic N) is 1. The normalized spacial score (nSPS) is 21.9. The highest BCUT2D eigenvalue weighted by Crippen LogP contribution is 2.25. The van der Waals surface area contributed by atoms with Gasteiger partial charge in [-0.05, 0) is 24.6 Å². The van der Waals surface area contributed by atoms with E-state index in [1.54, 1.807) is 12.1 Å². The van der Waals surface area contributed by atoms with Crippen molar-refractivity contribution in [2.45, 2.75) is 25.7 Å². The van der Waals surface area contributed by atoms with E-state index in [1.165, 1.54) is 0 Å². The molecule has 0 radical (unpaired) electrons. The van der Waals surface area contributed by atoms with Gasteiger partial charge in [-0.2, -0.15) is 8.78 Å². The lowest BCUT2D eigenvalue weighted by atomic mass is 10.1. The van der Waals surface area contributed by atoms with Crippen LogP contribution in [0.1, 0.15) is 18.5 Å².